The van der Waals surface area contributed by atoms with Crippen molar-refractivity contribution < 1.29 is 44.3 Å². The molecule has 0 aromatic heterocycles. The fraction of sp³-hybridized carbons (Fsp3) is 0.300. The minimum Gasteiger partial charge on any atom is -0.321 e. The molecule has 0 bridgehead atoms. The quantitative estimate of drug-likeness (QED) is 0.819. The van der Waals surface area contributed by atoms with Crippen LogP contribution in [0.3, 0.4) is 0 Å². The Hall–Kier alpha value is -1.94. The van der Waals surface area contributed by atoms with Crippen molar-refractivity contribution in [3.8, 4) is 0 Å². The van der Waals surface area contributed by atoms with Gasteiger partial charge in [-0.2, -0.15) is 35.1 Å². The Bertz CT molecular complexity index is 546. The van der Waals surface area contributed by atoms with E-state index < -0.39 is 41.3 Å². The van der Waals surface area contributed by atoms with Gasteiger partial charge in [0.2, 0.25) is 0 Å². The molecule has 1 aromatic rings. The smallest absolute Gasteiger partial charge is 0.321 e. The highest BCUT2D eigenvalue weighted by atomic mass is 19.4. The van der Waals surface area contributed by atoms with Crippen LogP contribution in [0.5, 0.6) is 0 Å². The summed E-state index contributed by atoms with van der Waals surface area (Å²) >= 11 is 0. The first-order valence-electron chi connectivity index (χ1n) is 4.89. The number of halogens is 9. The first-order valence-corrected chi connectivity index (χ1v) is 4.89. The summed E-state index contributed by atoms with van der Waals surface area (Å²) in [5.41, 5.74) is -2.98. The number of hydrogen-bond acceptors (Lipinski definition) is 1. The average molecular weight is 325 g/mol. The van der Waals surface area contributed by atoms with Gasteiger partial charge < -0.3 is 5.32 Å². The second kappa shape index (κ2) is 5.11. The van der Waals surface area contributed by atoms with Crippen molar-refractivity contribution in [3.05, 3.63) is 29.6 Å². The lowest BCUT2D eigenvalue weighted by molar-refractivity contribution is -0.267. The van der Waals surface area contributed by atoms with E-state index in [1.165, 1.54) is 0 Å². The number of carbonyl (C=O) groups excluding carboxylic acids is 1. The molecule has 2 nitrogen and oxygen atoms in total. The summed E-state index contributed by atoms with van der Waals surface area (Å²) < 4.78 is 111. The van der Waals surface area contributed by atoms with Crippen LogP contribution >= 0.6 is 0 Å². The highest BCUT2D eigenvalue weighted by molar-refractivity contribution is 5.96. The molecule has 0 radical (unpaired) electrons. The van der Waals surface area contributed by atoms with Crippen LogP contribution in [0.1, 0.15) is 5.56 Å². The Morgan fingerprint density at radius 1 is 0.952 bits per heavy atom. The molecule has 0 fully saturated rings. The van der Waals surface area contributed by atoms with Crippen molar-refractivity contribution >= 4 is 11.6 Å². The number of benzene rings is 1. The summed E-state index contributed by atoms with van der Waals surface area (Å²) in [4.78, 5) is 10.8. The topological polar surface area (TPSA) is 29.1 Å². The zero-order valence-electron chi connectivity index (χ0n) is 9.54. The van der Waals surface area contributed by atoms with Gasteiger partial charge in [0, 0.05) is 5.69 Å². The van der Waals surface area contributed by atoms with E-state index in [0.717, 1.165) is 5.32 Å². The Balaban J connectivity index is 3.08. The number of hydrogen-bond donors (Lipinski definition) is 1. The minimum atomic E-state index is -6.22. The number of amides is 1. The van der Waals surface area contributed by atoms with E-state index in [-0.39, 0.29) is 12.1 Å². The number of rotatable bonds is 2. The molecule has 11 heteroatoms. The summed E-state index contributed by atoms with van der Waals surface area (Å²) in [6.07, 6.45) is -11.4. The van der Waals surface area contributed by atoms with Gasteiger partial charge in [-0.3, -0.25) is 4.79 Å². The second-order valence-electron chi connectivity index (χ2n) is 3.72. The van der Waals surface area contributed by atoms with E-state index in [1.807, 2.05) is 0 Å². The standard InChI is InChI=1S/C10H4F9NO/c11-6-2-1-4(3-5(6)9(14,15)16)20-7(21)8(12,13)10(17,18)19/h1-3H,(H,20,21). The number of nitrogens with one attached hydrogen (secondary N) is 1. The summed E-state index contributed by atoms with van der Waals surface area (Å²) in [5, 5.41) is 0.953. The highest BCUT2D eigenvalue weighted by Crippen LogP contribution is 2.37. The predicted octanol–water partition coefficient (Wildman–Crippen LogP) is 3.98. The van der Waals surface area contributed by atoms with Gasteiger partial charge in [-0.05, 0) is 18.2 Å². The van der Waals surface area contributed by atoms with Gasteiger partial charge in [-0.25, -0.2) is 4.39 Å². The minimum absolute atomic E-state index is 0.0975. The van der Waals surface area contributed by atoms with Gasteiger partial charge in [0.25, 0.3) is 0 Å². The van der Waals surface area contributed by atoms with Crippen LogP contribution in [-0.4, -0.2) is 18.0 Å². The van der Waals surface area contributed by atoms with Crippen LogP contribution in [0.15, 0.2) is 18.2 Å². The lowest BCUT2D eigenvalue weighted by atomic mass is 10.1. The fourth-order valence-corrected chi connectivity index (χ4v) is 1.16. The molecule has 0 atom stereocenters. The Kier molecular flexibility index (Phi) is 4.17. The molecule has 0 heterocycles. The van der Waals surface area contributed by atoms with Crippen molar-refractivity contribution in [1.29, 1.82) is 0 Å². The van der Waals surface area contributed by atoms with Gasteiger partial charge in [0.15, 0.2) is 0 Å². The first-order chi connectivity index (χ1) is 9.26. The van der Waals surface area contributed by atoms with Crippen LogP contribution in [0.2, 0.25) is 0 Å². The molecule has 1 N–H and O–H groups in total. The van der Waals surface area contributed by atoms with Crippen molar-refractivity contribution in [3.63, 3.8) is 0 Å². The van der Waals surface area contributed by atoms with Crippen LogP contribution in [-0.2, 0) is 11.0 Å². The van der Waals surface area contributed by atoms with Crippen LogP contribution in [0, 0.1) is 5.82 Å². The monoisotopic (exact) mass is 325 g/mol. The highest BCUT2D eigenvalue weighted by Gasteiger charge is 2.63. The van der Waals surface area contributed by atoms with E-state index in [2.05, 4.69) is 0 Å². The second-order valence-corrected chi connectivity index (χ2v) is 3.72. The van der Waals surface area contributed by atoms with Crippen LogP contribution in [0.25, 0.3) is 0 Å². The molecule has 0 saturated carbocycles. The molecule has 0 aliphatic rings. The van der Waals surface area contributed by atoms with E-state index >= 15 is 0 Å². The third kappa shape index (κ3) is 3.58. The summed E-state index contributed by atoms with van der Waals surface area (Å²) in [5.74, 6) is -10.5. The van der Waals surface area contributed by atoms with Gasteiger partial charge in [-0.15, -0.1) is 0 Å². The maximum Gasteiger partial charge on any atom is 0.463 e. The normalized spacial score (nSPS) is 13.2. The van der Waals surface area contributed by atoms with E-state index in [4.69, 9.17) is 0 Å². The Morgan fingerprint density at radius 2 is 1.48 bits per heavy atom. The largest absolute Gasteiger partial charge is 0.463 e. The maximum absolute atomic E-state index is 12.9. The summed E-state index contributed by atoms with van der Waals surface area (Å²) in [7, 11) is 0. The summed E-state index contributed by atoms with van der Waals surface area (Å²) in [6, 6.07) is 0.485. The van der Waals surface area contributed by atoms with Crippen LogP contribution < -0.4 is 5.32 Å². The zero-order chi connectivity index (χ0) is 16.6. The SMILES string of the molecule is O=C(Nc1ccc(F)c(C(F)(F)F)c1)C(F)(F)C(F)(F)F. The lowest BCUT2D eigenvalue weighted by Gasteiger charge is -2.19. The molecule has 1 aromatic carbocycles. The number of anilines is 1. The van der Waals surface area contributed by atoms with Crippen molar-refractivity contribution in [2.75, 3.05) is 5.32 Å². The lowest BCUT2D eigenvalue weighted by Crippen LogP contribution is -2.47. The third-order valence-corrected chi connectivity index (χ3v) is 2.17. The molecule has 0 spiro atoms. The molecular weight excluding hydrogens is 321 g/mol. The maximum atomic E-state index is 12.9. The van der Waals surface area contributed by atoms with Crippen molar-refractivity contribution in [2.24, 2.45) is 0 Å². The Labute approximate surface area is 110 Å². The molecule has 118 valence electrons. The van der Waals surface area contributed by atoms with Gasteiger partial charge in [0.05, 0.1) is 5.56 Å². The van der Waals surface area contributed by atoms with E-state index in [9.17, 15) is 44.3 Å². The number of carbonyl (C=O) groups is 1. The molecule has 0 aliphatic carbocycles. The molecule has 0 aliphatic heterocycles. The molecule has 21 heavy (non-hydrogen) atoms. The zero-order valence-corrected chi connectivity index (χ0v) is 9.54. The Morgan fingerprint density at radius 3 is 1.90 bits per heavy atom. The first kappa shape index (κ1) is 17.1. The van der Waals surface area contributed by atoms with Gasteiger partial charge >= 0.3 is 24.2 Å². The fourth-order valence-electron chi connectivity index (χ4n) is 1.16. The van der Waals surface area contributed by atoms with Gasteiger partial charge in [-0.1, -0.05) is 0 Å². The molecular formula is C10H4F9NO. The van der Waals surface area contributed by atoms with Gasteiger partial charge in [0.1, 0.15) is 5.82 Å². The van der Waals surface area contributed by atoms with Crippen molar-refractivity contribution in [2.45, 2.75) is 18.3 Å². The third-order valence-electron chi connectivity index (χ3n) is 2.17. The van der Waals surface area contributed by atoms with E-state index in [0.29, 0.717) is 6.07 Å². The molecule has 0 saturated heterocycles. The summed E-state index contributed by atoms with van der Waals surface area (Å²) in [6.45, 7) is 0. The van der Waals surface area contributed by atoms with E-state index in [1.54, 1.807) is 0 Å². The van der Waals surface area contributed by atoms with Crippen molar-refractivity contribution in [1.82, 2.24) is 0 Å². The molecule has 1 rings (SSSR count). The predicted molar refractivity (Wildman–Crippen MR) is 51.0 cm³/mol. The molecule has 1 amide bonds. The van der Waals surface area contributed by atoms with Crippen LogP contribution in [0.4, 0.5) is 45.2 Å². The number of alkyl halides is 8. The molecule has 0 unspecified atom stereocenters. The average Bonchev–Trinajstić information content (AvgIpc) is 2.28.